The molecule has 0 bridgehead atoms. The van der Waals surface area contributed by atoms with Gasteiger partial charge >= 0.3 is 6.03 Å². The van der Waals surface area contributed by atoms with Crippen LogP contribution in [0.5, 0.6) is 0 Å². The molecule has 0 saturated heterocycles. The second-order valence-electron chi connectivity index (χ2n) is 5.00. The number of para-hydroxylation sites is 1. The molecule has 3 aromatic rings. The maximum Gasteiger partial charge on any atom is 0.319 e. The second-order valence-corrected chi connectivity index (χ2v) is 5.00. The van der Waals surface area contributed by atoms with Crippen molar-refractivity contribution in [3.8, 4) is 0 Å². The first-order chi connectivity index (χ1) is 10.8. The van der Waals surface area contributed by atoms with Crippen molar-refractivity contribution in [2.75, 3.05) is 11.9 Å². The van der Waals surface area contributed by atoms with Crippen LogP contribution < -0.4 is 10.6 Å². The number of carbonyl (C=O) groups is 1. The number of aromatic nitrogens is 1. The smallest absolute Gasteiger partial charge is 0.319 e. The Balaban J connectivity index is 1.59. The van der Waals surface area contributed by atoms with Crippen molar-refractivity contribution < 1.29 is 4.79 Å². The van der Waals surface area contributed by atoms with E-state index in [0.717, 1.165) is 23.0 Å². The third kappa shape index (κ3) is 3.41. The van der Waals surface area contributed by atoms with E-state index < -0.39 is 0 Å². The predicted molar refractivity (Wildman–Crippen MR) is 88.9 cm³/mol. The highest BCUT2D eigenvalue weighted by molar-refractivity contribution is 5.99. The van der Waals surface area contributed by atoms with E-state index in [1.54, 1.807) is 6.20 Å². The zero-order valence-corrected chi connectivity index (χ0v) is 12.1. The molecule has 4 heteroatoms. The molecule has 0 saturated carbocycles. The molecule has 1 aromatic heterocycles. The highest BCUT2D eigenvalue weighted by Gasteiger charge is 2.05. The minimum atomic E-state index is -0.214. The number of nitrogens with zero attached hydrogens (tertiary/aromatic N) is 1. The summed E-state index contributed by atoms with van der Waals surface area (Å²) in [7, 11) is 0. The number of hydrogen-bond donors (Lipinski definition) is 2. The number of benzene rings is 2. The Bertz CT molecular complexity index is 766. The summed E-state index contributed by atoms with van der Waals surface area (Å²) < 4.78 is 0. The van der Waals surface area contributed by atoms with Crippen LogP contribution in [0.3, 0.4) is 0 Å². The van der Waals surface area contributed by atoms with Crippen molar-refractivity contribution in [1.29, 1.82) is 0 Å². The van der Waals surface area contributed by atoms with Crippen LogP contribution in [-0.4, -0.2) is 17.6 Å². The Morgan fingerprint density at radius 2 is 1.77 bits per heavy atom. The third-order valence-electron chi connectivity index (χ3n) is 3.42. The van der Waals surface area contributed by atoms with Crippen molar-refractivity contribution in [3.63, 3.8) is 0 Å². The fraction of sp³-hybridized carbons (Fsp3) is 0.111. The average Bonchev–Trinajstić information content (AvgIpc) is 2.56. The lowest BCUT2D eigenvalue weighted by Gasteiger charge is -2.09. The molecule has 0 unspecified atom stereocenters. The zero-order chi connectivity index (χ0) is 15.2. The van der Waals surface area contributed by atoms with Gasteiger partial charge in [-0.25, -0.2) is 4.79 Å². The lowest BCUT2D eigenvalue weighted by molar-refractivity contribution is 0.252. The lowest BCUT2D eigenvalue weighted by Crippen LogP contribution is -2.30. The molecule has 0 aliphatic heterocycles. The van der Waals surface area contributed by atoms with Crippen LogP contribution >= 0.6 is 0 Å². The first-order valence-corrected chi connectivity index (χ1v) is 7.25. The number of rotatable bonds is 4. The molecule has 0 aliphatic carbocycles. The molecule has 0 atom stereocenters. The van der Waals surface area contributed by atoms with Gasteiger partial charge in [-0.2, -0.15) is 0 Å². The Morgan fingerprint density at radius 1 is 0.955 bits per heavy atom. The summed E-state index contributed by atoms with van der Waals surface area (Å²) in [5, 5.41) is 6.73. The molecule has 2 aromatic carbocycles. The van der Waals surface area contributed by atoms with E-state index in [9.17, 15) is 4.79 Å². The van der Waals surface area contributed by atoms with Crippen LogP contribution in [0.2, 0.25) is 0 Å². The van der Waals surface area contributed by atoms with E-state index in [1.165, 1.54) is 5.56 Å². The van der Waals surface area contributed by atoms with Gasteiger partial charge in [-0.05, 0) is 24.1 Å². The minimum Gasteiger partial charge on any atom is -0.338 e. The number of urea groups is 1. The van der Waals surface area contributed by atoms with Crippen molar-refractivity contribution in [2.45, 2.75) is 6.42 Å². The van der Waals surface area contributed by atoms with E-state index in [-0.39, 0.29) is 6.03 Å². The normalized spacial score (nSPS) is 10.4. The highest BCUT2D eigenvalue weighted by Crippen LogP contribution is 2.20. The quantitative estimate of drug-likeness (QED) is 0.771. The van der Waals surface area contributed by atoms with Gasteiger partial charge in [0.05, 0.1) is 11.2 Å². The van der Waals surface area contributed by atoms with Gasteiger partial charge in [-0.1, -0.05) is 48.5 Å². The molecular weight excluding hydrogens is 274 g/mol. The number of amides is 2. The van der Waals surface area contributed by atoms with Crippen LogP contribution in [0.1, 0.15) is 5.56 Å². The molecule has 4 nitrogen and oxygen atoms in total. The molecule has 2 amide bonds. The van der Waals surface area contributed by atoms with Crippen LogP contribution in [0, 0.1) is 0 Å². The SMILES string of the molecule is O=C(NCCc1ccccc1)Nc1cccc2cccnc12. The summed E-state index contributed by atoms with van der Waals surface area (Å²) in [6.07, 6.45) is 2.53. The van der Waals surface area contributed by atoms with Gasteiger partial charge in [-0.15, -0.1) is 0 Å². The van der Waals surface area contributed by atoms with E-state index in [0.29, 0.717) is 6.54 Å². The van der Waals surface area contributed by atoms with Gasteiger partial charge in [0.1, 0.15) is 0 Å². The first kappa shape index (κ1) is 14.1. The van der Waals surface area contributed by atoms with Gasteiger partial charge < -0.3 is 10.6 Å². The number of pyridine rings is 1. The van der Waals surface area contributed by atoms with Gasteiger partial charge in [-0.3, -0.25) is 4.98 Å². The lowest BCUT2D eigenvalue weighted by atomic mass is 10.1. The van der Waals surface area contributed by atoms with E-state index >= 15 is 0 Å². The minimum absolute atomic E-state index is 0.214. The predicted octanol–water partition coefficient (Wildman–Crippen LogP) is 3.60. The molecule has 22 heavy (non-hydrogen) atoms. The van der Waals surface area contributed by atoms with Crippen molar-refractivity contribution in [1.82, 2.24) is 10.3 Å². The Hall–Kier alpha value is -2.88. The topological polar surface area (TPSA) is 54.0 Å². The van der Waals surface area contributed by atoms with Crippen LogP contribution in [0.4, 0.5) is 10.5 Å². The number of carbonyl (C=O) groups excluding carboxylic acids is 1. The summed E-state index contributed by atoms with van der Waals surface area (Å²) in [5.41, 5.74) is 2.72. The molecule has 3 rings (SSSR count). The highest BCUT2D eigenvalue weighted by atomic mass is 16.2. The third-order valence-corrected chi connectivity index (χ3v) is 3.42. The molecular formula is C18H17N3O. The Labute approximate surface area is 129 Å². The summed E-state index contributed by atoms with van der Waals surface area (Å²) >= 11 is 0. The molecule has 0 radical (unpaired) electrons. The van der Waals surface area contributed by atoms with Gasteiger partial charge in [0.15, 0.2) is 0 Å². The number of anilines is 1. The number of nitrogens with one attached hydrogen (secondary N) is 2. The molecule has 2 N–H and O–H groups in total. The van der Waals surface area contributed by atoms with Gasteiger partial charge in [0.25, 0.3) is 0 Å². The molecule has 0 fully saturated rings. The molecule has 0 aliphatic rings. The second kappa shape index (κ2) is 6.72. The maximum absolute atomic E-state index is 12.0. The van der Waals surface area contributed by atoms with Gasteiger partial charge in [0.2, 0.25) is 0 Å². The van der Waals surface area contributed by atoms with Crippen LogP contribution in [0.15, 0.2) is 66.9 Å². The van der Waals surface area contributed by atoms with Crippen LogP contribution in [0.25, 0.3) is 10.9 Å². The molecule has 110 valence electrons. The summed E-state index contributed by atoms with van der Waals surface area (Å²) in [6.45, 7) is 0.591. The van der Waals surface area contributed by atoms with E-state index in [4.69, 9.17) is 0 Å². The van der Waals surface area contributed by atoms with Crippen LogP contribution in [-0.2, 0) is 6.42 Å². The summed E-state index contributed by atoms with van der Waals surface area (Å²) in [4.78, 5) is 16.3. The number of fused-ring (bicyclic) bond motifs is 1. The number of hydrogen-bond acceptors (Lipinski definition) is 2. The zero-order valence-electron chi connectivity index (χ0n) is 12.1. The fourth-order valence-corrected chi connectivity index (χ4v) is 2.34. The van der Waals surface area contributed by atoms with Crippen molar-refractivity contribution in [3.05, 3.63) is 72.4 Å². The summed E-state index contributed by atoms with van der Waals surface area (Å²) in [5.74, 6) is 0. The largest absolute Gasteiger partial charge is 0.338 e. The first-order valence-electron chi connectivity index (χ1n) is 7.25. The van der Waals surface area contributed by atoms with Crippen molar-refractivity contribution in [2.24, 2.45) is 0 Å². The van der Waals surface area contributed by atoms with E-state index in [2.05, 4.69) is 15.6 Å². The summed E-state index contributed by atoms with van der Waals surface area (Å²) in [6, 6.07) is 19.5. The van der Waals surface area contributed by atoms with Gasteiger partial charge in [0, 0.05) is 18.1 Å². The standard InChI is InChI=1S/C18H17N3O/c22-18(20-13-11-14-6-2-1-3-7-14)21-16-10-4-8-15-9-5-12-19-17(15)16/h1-10,12H,11,13H2,(H2,20,21,22). The fourth-order valence-electron chi connectivity index (χ4n) is 2.34. The molecule has 1 heterocycles. The van der Waals surface area contributed by atoms with Crippen molar-refractivity contribution >= 4 is 22.6 Å². The Kier molecular flexibility index (Phi) is 4.30. The maximum atomic E-state index is 12.0. The molecule has 0 spiro atoms. The Morgan fingerprint density at radius 3 is 2.64 bits per heavy atom. The monoisotopic (exact) mass is 291 g/mol. The van der Waals surface area contributed by atoms with E-state index in [1.807, 2.05) is 60.7 Å². The average molecular weight is 291 g/mol.